The number of aromatic nitrogens is 4. The van der Waals surface area contributed by atoms with Gasteiger partial charge in [0.2, 0.25) is 11.7 Å². The lowest BCUT2D eigenvalue weighted by Crippen LogP contribution is -2.47. The number of ether oxygens (including phenoxy) is 1. The minimum absolute atomic E-state index is 0.0583. The van der Waals surface area contributed by atoms with Crippen molar-refractivity contribution in [3.8, 4) is 16.5 Å². The molecule has 0 spiro atoms. The zero-order valence-electron chi connectivity index (χ0n) is 20.9. The molecule has 0 radical (unpaired) electrons. The number of nitrogens with one attached hydrogen (secondary N) is 1. The van der Waals surface area contributed by atoms with Crippen LogP contribution in [-0.2, 0) is 20.9 Å². The van der Waals surface area contributed by atoms with E-state index in [-0.39, 0.29) is 30.2 Å². The van der Waals surface area contributed by atoms with Gasteiger partial charge in [0.25, 0.3) is 5.91 Å². The molecule has 10 nitrogen and oxygen atoms in total. The highest BCUT2D eigenvalue weighted by Crippen LogP contribution is 2.32. The maximum atomic E-state index is 14.0. The first kappa shape index (κ1) is 25.6. The number of carbonyl (C=O) groups is 2. The van der Waals surface area contributed by atoms with Crippen molar-refractivity contribution >= 4 is 28.8 Å². The van der Waals surface area contributed by atoms with E-state index in [1.165, 1.54) is 33.2 Å². The molecule has 4 aromatic rings. The summed E-state index contributed by atoms with van der Waals surface area (Å²) in [4.78, 5) is 31.3. The van der Waals surface area contributed by atoms with Crippen LogP contribution in [0.1, 0.15) is 30.0 Å². The second-order valence-electron chi connectivity index (χ2n) is 9.05. The number of carbonyl (C=O) groups excluding carboxylic acids is 2. The van der Waals surface area contributed by atoms with Gasteiger partial charge in [0.05, 0.1) is 11.0 Å². The van der Waals surface area contributed by atoms with Crippen molar-refractivity contribution in [2.75, 3.05) is 18.1 Å². The van der Waals surface area contributed by atoms with Gasteiger partial charge in [0, 0.05) is 18.8 Å². The molecule has 1 fully saturated rings. The summed E-state index contributed by atoms with van der Waals surface area (Å²) in [5.41, 5.74) is 1.96. The molecule has 0 bridgehead atoms. The lowest BCUT2D eigenvalue weighted by atomic mass is 10.0. The normalized spacial score (nSPS) is 15.8. The number of aromatic hydroxyl groups is 1. The second kappa shape index (κ2) is 11.5. The van der Waals surface area contributed by atoms with Crippen LogP contribution in [-0.4, -0.2) is 56.4 Å². The van der Waals surface area contributed by atoms with Gasteiger partial charge in [0.15, 0.2) is 0 Å². The third-order valence-electron chi connectivity index (χ3n) is 6.36. The van der Waals surface area contributed by atoms with Gasteiger partial charge in [-0.05, 0) is 65.8 Å². The SMILES string of the molecule is Cc1ccccc1N(C(=O)Cn1nnc(-c2cccs2)n1)[C@H](C(=O)NC[C@@H]1CCCO1)c1ccc(O)cc1. The Kier molecular flexibility index (Phi) is 7.75. The number of phenols is 1. The summed E-state index contributed by atoms with van der Waals surface area (Å²) in [6.07, 6.45) is 1.76. The predicted octanol–water partition coefficient (Wildman–Crippen LogP) is 3.49. The lowest BCUT2D eigenvalue weighted by Gasteiger charge is -2.32. The molecule has 0 saturated carbocycles. The molecule has 11 heteroatoms. The van der Waals surface area contributed by atoms with Gasteiger partial charge in [-0.3, -0.25) is 14.5 Å². The molecule has 1 saturated heterocycles. The maximum absolute atomic E-state index is 14.0. The van der Waals surface area contributed by atoms with Crippen LogP contribution in [0.2, 0.25) is 0 Å². The molecule has 1 aliphatic heterocycles. The van der Waals surface area contributed by atoms with Crippen LogP contribution >= 0.6 is 11.3 Å². The van der Waals surface area contributed by atoms with Crippen LogP contribution in [0.4, 0.5) is 5.69 Å². The summed E-state index contributed by atoms with van der Waals surface area (Å²) in [6, 6.07) is 16.5. The summed E-state index contributed by atoms with van der Waals surface area (Å²) in [5.74, 6) is -0.248. The topological polar surface area (TPSA) is 122 Å². The summed E-state index contributed by atoms with van der Waals surface area (Å²) in [5, 5.41) is 27.3. The molecular formula is C27H28N6O4S. The first-order valence-electron chi connectivity index (χ1n) is 12.4. The van der Waals surface area contributed by atoms with Crippen LogP contribution in [0.15, 0.2) is 66.0 Å². The zero-order chi connectivity index (χ0) is 26.5. The largest absolute Gasteiger partial charge is 0.508 e. The van der Waals surface area contributed by atoms with Gasteiger partial charge in [-0.1, -0.05) is 36.4 Å². The quantitative estimate of drug-likeness (QED) is 0.338. The lowest BCUT2D eigenvalue weighted by molar-refractivity contribution is -0.127. The van der Waals surface area contributed by atoms with Gasteiger partial charge >= 0.3 is 0 Å². The monoisotopic (exact) mass is 532 g/mol. The van der Waals surface area contributed by atoms with Crippen molar-refractivity contribution in [1.29, 1.82) is 0 Å². The molecule has 5 rings (SSSR count). The number of amides is 2. The van der Waals surface area contributed by atoms with Gasteiger partial charge < -0.3 is 15.2 Å². The molecule has 3 heterocycles. The zero-order valence-corrected chi connectivity index (χ0v) is 21.7. The number of aryl methyl sites for hydroxylation is 1. The molecule has 196 valence electrons. The van der Waals surface area contributed by atoms with Crippen molar-refractivity contribution in [3.63, 3.8) is 0 Å². The average Bonchev–Trinajstić information content (AvgIpc) is 3.70. The fourth-order valence-electron chi connectivity index (χ4n) is 4.45. The van der Waals surface area contributed by atoms with Crippen LogP contribution < -0.4 is 10.2 Å². The molecule has 2 atom stereocenters. The summed E-state index contributed by atoms with van der Waals surface area (Å²) >= 11 is 1.48. The van der Waals surface area contributed by atoms with Gasteiger partial charge in [-0.25, -0.2) is 0 Å². The third-order valence-corrected chi connectivity index (χ3v) is 7.22. The molecule has 38 heavy (non-hydrogen) atoms. The first-order valence-corrected chi connectivity index (χ1v) is 13.2. The Balaban J connectivity index is 1.49. The number of phenolic OH excluding ortho intramolecular Hbond substituents is 1. The third kappa shape index (κ3) is 5.74. The Morgan fingerprint density at radius 3 is 2.71 bits per heavy atom. The highest BCUT2D eigenvalue weighted by atomic mass is 32.1. The van der Waals surface area contributed by atoms with E-state index in [9.17, 15) is 14.7 Å². The van der Waals surface area contributed by atoms with Crippen LogP contribution in [0.3, 0.4) is 0 Å². The van der Waals surface area contributed by atoms with E-state index in [1.54, 1.807) is 18.2 Å². The number of para-hydroxylation sites is 1. The van der Waals surface area contributed by atoms with E-state index in [4.69, 9.17) is 4.74 Å². The van der Waals surface area contributed by atoms with Gasteiger partial charge in [0.1, 0.15) is 18.3 Å². The molecule has 0 aliphatic carbocycles. The molecule has 0 unspecified atom stereocenters. The molecule has 1 aliphatic rings. The van der Waals surface area contributed by atoms with Crippen molar-refractivity contribution < 1.29 is 19.4 Å². The van der Waals surface area contributed by atoms with Crippen LogP contribution in [0.5, 0.6) is 5.75 Å². The fraction of sp³-hybridized carbons (Fsp3) is 0.296. The Bertz CT molecular complexity index is 1380. The first-order chi connectivity index (χ1) is 18.5. The smallest absolute Gasteiger partial charge is 0.251 e. The van der Waals surface area contributed by atoms with Crippen molar-refractivity contribution in [3.05, 3.63) is 77.2 Å². The van der Waals surface area contributed by atoms with E-state index in [0.29, 0.717) is 30.2 Å². The highest BCUT2D eigenvalue weighted by Gasteiger charge is 2.34. The minimum atomic E-state index is -1.01. The van der Waals surface area contributed by atoms with Crippen molar-refractivity contribution in [2.45, 2.75) is 38.5 Å². The molecule has 2 aromatic heterocycles. The highest BCUT2D eigenvalue weighted by molar-refractivity contribution is 7.13. The Morgan fingerprint density at radius 2 is 2.00 bits per heavy atom. The number of rotatable bonds is 9. The number of hydrogen-bond acceptors (Lipinski definition) is 8. The summed E-state index contributed by atoms with van der Waals surface area (Å²) in [6.45, 7) is 2.68. The van der Waals surface area contributed by atoms with Crippen molar-refractivity contribution in [2.24, 2.45) is 0 Å². The van der Waals surface area contributed by atoms with Gasteiger partial charge in [-0.15, -0.1) is 21.5 Å². The van der Waals surface area contributed by atoms with Crippen molar-refractivity contribution in [1.82, 2.24) is 25.5 Å². The Hall–Kier alpha value is -4.09. The second-order valence-corrected chi connectivity index (χ2v) is 9.99. The summed E-state index contributed by atoms with van der Waals surface area (Å²) < 4.78 is 5.67. The number of tetrazole rings is 1. The number of anilines is 1. The Labute approximate surface area is 223 Å². The number of nitrogens with zero attached hydrogens (tertiary/aromatic N) is 5. The predicted molar refractivity (Wildman–Crippen MR) is 143 cm³/mol. The maximum Gasteiger partial charge on any atom is 0.251 e. The van der Waals surface area contributed by atoms with E-state index in [0.717, 1.165) is 23.3 Å². The fourth-order valence-corrected chi connectivity index (χ4v) is 5.10. The van der Waals surface area contributed by atoms with E-state index < -0.39 is 6.04 Å². The number of benzene rings is 2. The summed E-state index contributed by atoms with van der Waals surface area (Å²) in [7, 11) is 0. The standard InChI is InChI=1S/C27H28N6O4S/c1-18-6-2-3-8-22(18)33(24(35)17-32-30-26(29-31-32)23-9-5-15-38-23)25(19-10-12-20(34)13-11-19)27(36)28-16-21-7-4-14-37-21/h2-3,5-6,8-13,15,21,25,34H,4,7,14,16-17H2,1H3,(H,28,36)/t21-,25-/m0/s1. The van der Waals surface area contributed by atoms with Crippen LogP contribution in [0.25, 0.3) is 10.7 Å². The van der Waals surface area contributed by atoms with Gasteiger partial charge in [-0.2, -0.15) is 4.80 Å². The number of hydrogen-bond donors (Lipinski definition) is 2. The molecule has 2 aromatic carbocycles. The van der Waals surface area contributed by atoms with E-state index in [2.05, 4.69) is 20.7 Å². The molecule has 2 amide bonds. The Morgan fingerprint density at radius 1 is 1.18 bits per heavy atom. The van der Waals surface area contributed by atoms with Crippen LogP contribution in [0, 0.1) is 6.92 Å². The number of thiophene rings is 1. The molecule has 2 N–H and O–H groups in total. The average molecular weight is 533 g/mol. The molecular weight excluding hydrogens is 504 g/mol. The minimum Gasteiger partial charge on any atom is -0.508 e. The van der Waals surface area contributed by atoms with E-state index in [1.807, 2.05) is 42.6 Å². The van der Waals surface area contributed by atoms with E-state index >= 15 is 0 Å².